The van der Waals surface area contributed by atoms with Gasteiger partial charge in [0.05, 0.1) is 11.4 Å². The molecular weight excluding hydrogens is 332 g/mol. The molecule has 5 heteroatoms. The Hall–Kier alpha value is -2.79. The first kappa shape index (κ1) is 17.0. The maximum absolute atomic E-state index is 12.2. The van der Waals surface area contributed by atoms with E-state index in [1.54, 1.807) is 24.2 Å². The number of nitrogens with zero attached hydrogens (tertiary/aromatic N) is 1. The Morgan fingerprint density at radius 3 is 2.48 bits per heavy atom. The molecule has 3 rings (SSSR count). The van der Waals surface area contributed by atoms with Crippen molar-refractivity contribution in [3.05, 3.63) is 84.7 Å². The number of aromatic nitrogens is 1. The first-order valence-corrected chi connectivity index (χ1v) is 9.05. The number of carbonyl (C=O) groups excluding carboxylic acids is 1. The number of rotatable bonds is 7. The van der Waals surface area contributed by atoms with Crippen molar-refractivity contribution in [1.29, 1.82) is 0 Å². The van der Waals surface area contributed by atoms with E-state index < -0.39 is 0 Å². The highest BCUT2D eigenvalue weighted by Crippen LogP contribution is 2.29. The molecule has 25 heavy (non-hydrogen) atoms. The number of nitrogens with one attached hydrogen (secondary N) is 1. The highest BCUT2D eigenvalue weighted by molar-refractivity contribution is 7.99. The van der Waals surface area contributed by atoms with Crippen LogP contribution < -0.4 is 10.1 Å². The van der Waals surface area contributed by atoms with E-state index in [1.807, 2.05) is 66.7 Å². The zero-order valence-corrected chi connectivity index (χ0v) is 14.4. The Balaban J connectivity index is 1.56. The summed E-state index contributed by atoms with van der Waals surface area (Å²) in [6.45, 7) is 0. The van der Waals surface area contributed by atoms with Gasteiger partial charge >= 0.3 is 0 Å². The minimum Gasteiger partial charge on any atom is -0.455 e. The number of hydrogen-bond acceptors (Lipinski definition) is 4. The van der Waals surface area contributed by atoms with Crippen molar-refractivity contribution in [2.75, 3.05) is 11.1 Å². The number of ether oxygens (including phenoxy) is 1. The van der Waals surface area contributed by atoms with Gasteiger partial charge in [-0.3, -0.25) is 9.78 Å². The smallest absolute Gasteiger partial charge is 0.234 e. The van der Waals surface area contributed by atoms with Gasteiger partial charge in [-0.05, 0) is 42.0 Å². The number of hydrogen-bond donors (Lipinski definition) is 1. The van der Waals surface area contributed by atoms with Gasteiger partial charge in [0.15, 0.2) is 5.75 Å². The van der Waals surface area contributed by atoms with Crippen molar-refractivity contribution in [2.45, 2.75) is 5.75 Å². The van der Waals surface area contributed by atoms with Crippen LogP contribution in [-0.4, -0.2) is 16.6 Å². The Morgan fingerprint density at radius 1 is 0.960 bits per heavy atom. The molecule has 0 unspecified atom stereocenters. The number of benzene rings is 2. The second kappa shape index (κ2) is 8.89. The molecule has 1 N–H and O–H groups in total. The van der Waals surface area contributed by atoms with E-state index in [2.05, 4.69) is 10.3 Å². The summed E-state index contributed by atoms with van der Waals surface area (Å²) < 4.78 is 5.86. The molecule has 0 bridgehead atoms. The highest BCUT2D eigenvalue weighted by atomic mass is 32.2. The van der Waals surface area contributed by atoms with Crippen LogP contribution in [0.1, 0.15) is 5.56 Å². The Kier molecular flexibility index (Phi) is 6.06. The summed E-state index contributed by atoms with van der Waals surface area (Å²) >= 11 is 1.56. The van der Waals surface area contributed by atoms with Crippen LogP contribution in [0.15, 0.2) is 79.1 Å². The van der Waals surface area contributed by atoms with Crippen molar-refractivity contribution < 1.29 is 9.53 Å². The van der Waals surface area contributed by atoms with Gasteiger partial charge in [-0.1, -0.05) is 30.3 Å². The molecule has 0 saturated carbocycles. The van der Waals surface area contributed by atoms with E-state index in [4.69, 9.17) is 4.74 Å². The van der Waals surface area contributed by atoms with Gasteiger partial charge in [-0.2, -0.15) is 0 Å². The van der Waals surface area contributed by atoms with Crippen molar-refractivity contribution in [2.24, 2.45) is 0 Å². The van der Waals surface area contributed by atoms with Gasteiger partial charge in [0.1, 0.15) is 5.75 Å². The van der Waals surface area contributed by atoms with Crippen LogP contribution in [-0.2, 0) is 10.5 Å². The van der Waals surface area contributed by atoms with Gasteiger partial charge in [0.25, 0.3) is 0 Å². The first-order valence-electron chi connectivity index (χ1n) is 7.90. The Morgan fingerprint density at radius 2 is 1.68 bits per heavy atom. The summed E-state index contributed by atoms with van der Waals surface area (Å²) in [5.74, 6) is 2.46. The molecule has 1 heterocycles. The summed E-state index contributed by atoms with van der Waals surface area (Å²) in [5.41, 5.74) is 1.82. The quantitative estimate of drug-likeness (QED) is 0.668. The minimum absolute atomic E-state index is 0.0526. The van der Waals surface area contributed by atoms with Gasteiger partial charge in [-0.15, -0.1) is 11.8 Å². The summed E-state index contributed by atoms with van der Waals surface area (Å²) in [4.78, 5) is 16.2. The van der Waals surface area contributed by atoms with Crippen molar-refractivity contribution in [3.63, 3.8) is 0 Å². The average Bonchev–Trinajstić information content (AvgIpc) is 2.65. The van der Waals surface area contributed by atoms with Gasteiger partial charge in [-0.25, -0.2) is 0 Å². The molecular formula is C20H18N2O2S. The van der Waals surface area contributed by atoms with Crippen LogP contribution in [0.25, 0.3) is 0 Å². The maximum atomic E-state index is 12.2. The third-order valence-electron chi connectivity index (χ3n) is 3.38. The molecule has 2 aromatic carbocycles. The molecule has 4 nitrogen and oxygen atoms in total. The fraction of sp³-hybridized carbons (Fsp3) is 0.100. The molecule has 0 saturated heterocycles. The predicted octanol–water partition coefficient (Wildman–Crippen LogP) is 4.75. The van der Waals surface area contributed by atoms with Gasteiger partial charge < -0.3 is 10.1 Å². The van der Waals surface area contributed by atoms with Crippen molar-refractivity contribution in [1.82, 2.24) is 4.98 Å². The van der Waals surface area contributed by atoms with E-state index in [1.165, 1.54) is 0 Å². The lowest BCUT2D eigenvalue weighted by Gasteiger charge is -2.12. The standard InChI is InChI=1S/C20H18N2O2S/c23-20(15-25-14-16-10-12-21-13-11-16)22-18-8-4-5-9-19(18)24-17-6-2-1-3-7-17/h1-13H,14-15H2,(H,22,23). The average molecular weight is 350 g/mol. The van der Waals surface area contributed by atoms with Crippen LogP contribution in [0.2, 0.25) is 0 Å². The van der Waals surface area contributed by atoms with Crippen LogP contribution in [0, 0.1) is 0 Å². The second-order valence-electron chi connectivity index (χ2n) is 5.31. The number of para-hydroxylation sites is 3. The van der Waals surface area contributed by atoms with E-state index in [0.29, 0.717) is 17.2 Å². The predicted molar refractivity (Wildman–Crippen MR) is 102 cm³/mol. The molecule has 0 aliphatic rings. The highest BCUT2D eigenvalue weighted by Gasteiger charge is 2.08. The largest absolute Gasteiger partial charge is 0.455 e. The zero-order chi connectivity index (χ0) is 17.3. The molecule has 1 amide bonds. The maximum Gasteiger partial charge on any atom is 0.234 e. The fourth-order valence-electron chi connectivity index (χ4n) is 2.20. The minimum atomic E-state index is -0.0526. The number of carbonyl (C=O) groups is 1. The van der Waals surface area contributed by atoms with Crippen molar-refractivity contribution in [3.8, 4) is 11.5 Å². The van der Waals surface area contributed by atoms with Gasteiger partial charge in [0.2, 0.25) is 5.91 Å². The molecule has 126 valence electrons. The van der Waals surface area contributed by atoms with E-state index in [-0.39, 0.29) is 5.91 Å². The molecule has 0 fully saturated rings. The number of amides is 1. The third kappa shape index (κ3) is 5.36. The van der Waals surface area contributed by atoms with E-state index in [0.717, 1.165) is 17.1 Å². The van der Waals surface area contributed by atoms with Crippen LogP contribution in [0.4, 0.5) is 5.69 Å². The molecule has 0 aliphatic carbocycles. The molecule has 1 aromatic heterocycles. The third-order valence-corrected chi connectivity index (χ3v) is 4.39. The van der Waals surface area contributed by atoms with Crippen LogP contribution in [0.5, 0.6) is 11.5 Å². The molecule has 0 radical (unpaired) electrons. The van der Waals surface area contributed by atoms with E-state index >= 15 is 0 Å². The lowest BCUT2D eigenvalue weighted by molar-refractivity contribution is -0.113. The van der Waals surface area contributed by atoms with Crippen LogP contribution >= 0.6 is 11.8 Å². The topological polar surface area (TPSA) is 51.2 Å². The summed E-state index contributed by atoms with van der Waals surface area (Å²) in [5, 5.41) is 2.92. The lowest BCUT2D eigenvalue weighted by Crippen LogP contribution is -2.14. The van der Waals surface area contributed by atoms with Gasteiger partial charge in [0, 0.05) is 18.1 Å². The Bertz CT molecular complexity index is 810. The normalized spacial score (nSPS) is 10.2. The zero-order valence-electron chi connectivity index (χ0n) is 13.6. The number of thioether (sulfide) groups is 1. The molecule has 0 atom stereocenters. The molecule has 0 spiro atoms. The summed E-state index contributed by atoms with van der Waals surface area (Å²) in [7, 11) is 0. The number of anilines is 1. The first-order chi connectivity index (χ1) is 12.3. The summed E-state index contributed by atoms with van der Waals surface area (Å²) in [6.07, 6.45) is 3.51. The SMILES string of the molecule is O=C(CSCc1ccncc1)Nc1ccccc1Oc1ccccc1. The fourth-order valence-corrected chi connectivity index (χ4v) is 2.99. The Labute approximate surface area is 151 Å². The molecule has 3 aromatic rings. The lowest BCUT2D eigenvalue weighted by atomic mass is 10.3. The second-order valence-corrected chi connectivity index (χ2v) is 6.29. The van der Waals surface area contributed by atoms with Crippen LogP contribution in [0.3, 0.4) is 0 Å². The molecule has 0 aliphatic heterocycles. The summed E-state index contributed by atoms with van der Waals surface area (Å²) in [6, 6.07) is 20.8. The van der Waals surface area contributed by atoms with E-state index in [9.17, 15) is 4.79 Å². The monoisotopic (exact) mass is 350 g/mol. The number of pyridine rings is 1. The van der Waals surface area contributed by atoms with Crippen molar-refractivity contribution >= 4 is 23.4 Å².